The number of aromatic nitrogens is 1. The molecule has 1 fully saturated rings. The number of guanidine groups is 1. The first kappa shape index (κ1) is 24.4. The van der Waals surface area contributed by atoms with Crippen LogP contribution in [0, 0.1) is 13.8 Å². The molecule has 2 aromatic rings. The first-order valence-electron chi connectivity index (χ1n) is 10.0. The van der Waals surface area contributed by atoms with E-state index in [1.165, 1.54) is 10.6 Å². The van der Waals surface area contributed by atoms with Gasteiger partial charge in [-0.15, -0.1) is 35.3 Å². The van der Waals surface area contributed by atoms with Crippen LogP contribution in [0.2, 0.25) is 0 Å². The average Bonchev–Trinajstić information content (AvgIpc) is 3.08. The Kier molecular flexibility index (Phi) is 9.83. The fourth-order valence-corrected chi connectivity index (χ4v) is 4.21. The first-order chi connectivity index (χ1) is 14.1. The summed E-state index contributed by atoms with van der Waals surface area (Å²) in [6, 6.07) is 10.3. The molecule has 0 aliphatic carbocycles. The smallest absolute Gasteiger partial charge is 0.242 e. The van der Waals surface area contributed by atoms with Gasteiger partial charge in [0.2, 0.25) is 5.91 Å². The van der Waals surface area contributed by atoms with Gasteiger partial charge in [-0.3, -0.25) is 9.79 Å². The molecule has 3 rings (SSSR count). The van der Waals surface area contributed by atoms with Gasteiger partial charge in [-0.2, -0.15) is 0 Å². The Hall–Kier alpha value is -1.88. The molecule has 30 heavy (non-hydrogen) atoms. The highest BCUT2D eigenvalue weighted by atomic mass is 127. The third kappa shape index (κ3) is 6.83. The molecule has 2 heterocycles. The van der Waals surface area contributed by atoms with Crippen molar-refractivity contribution in [2.24, 2.45) is 4.99 Å². The van der Waals surface area contributed by atoms with Gasteiger partial charge in [-0.05, 0) is 26.0 Å². The Morgan fingerprint density at radius 3 is 2.43 bits per heavy atom. The maximum absolute atomic E-state index is 12.6. The minimum Gasteiger partial charge on any atom is -0.368 e. The van der Waals surface area contributed by atoms with E-state index in [1.54, 1.807) is 18.4 Å². The number of nitrogens with zero attached hydrogens (tertiary/aromatic N) is 4. The van der Waals surface area contributed by atoms with Gasteiger partial charge in [0.05, 0.1) is 17.2 Å². The second kappa shape index (κ2) is 12.1. The molecule has 0 atom stereocenters. The number of para-hydroxylation sites is 1. The van der Waals surface area contributed by atoms with E-state index in [0.717, 1.165) is 49.8 Å². The van der Waals surface area contributed by atoms with E-state index in [-0.39, 0.29) is 36.4 Å². The lowest BCUT2D eigenvalue weighted by molar-refractivity contribution is -0.130. The third-order valence-corrected chi connectivity index (χ3v) is 6.22. The normalized spacial score (nSPS) is 14.3. The molecule has 1 aromatic carbocycles. The van der Waals surface area contributed by atoms with Crippen molar-refractivity contribution in [3.63, 3.8) is 0 Å². The standard InChI is InChI=1S/C21H30N6OS.HI/c1-16-17(2)29-19(25-16)9-10-23-21(22-3)24-15-20(28)27-13-11-26(12-14-27)18-7-5-4-6-8-18;/h4-8H,9-15H2,1-3H3,(H2,22,23,24);1H. The molecule has 1 aliphatic rings. The van der Waals surface area contributed by atoms with E-state index in [9.17, 15) is 4.79 Å². The number of hydrogen-bond acceptors (Lipinski definition) is 5. The van der Waals surface area contributed by atoms with E-state index in [0.29, 0.717) is 5.96 Å². The van der Waals surface area contributed by atoms with Crippen LogP contribution in [0.3, 0.4) is 0 Å². The third-order valence-electron chi connectivity index (χ3n) is 5.09. The number of carbonyl (C=O) groups is 1. The lowest BCUT2D eigenvalue weighted by atomic mass is 10.2. The Bertz CT molecular complexity index is 814. The summed E-state index contributed by atoms with van der Waals surface area (Å²) in [5.74, 6) is 0.748. The van der Waals surface area contributed by atoms with Crippen molar-refractivity contribution in [3.05, 3.63) is 45.9 Å². The van der Waals surface area contributed by atoms with E-state index in [1.807, 2.05) is 30.0 Å². The molecule has 2 N–H and O–H groups in total. The van der Waals surface area contributed by atoms with Gasteiger partial charge < -0.3 is 20.4 Å². The minimum absolute atomic E-state index is 0. The lowest BCUT2D eigenvalue weighted by Gasteiger charge is -2.36. The van der Waals surface area contributed by atoms with E-state index in [2.05, 4.69) is 44.6 Å². The van der Waals surface area contributed by atoms with Crippen LogP contribution in [0.4, 0.5) is 5.69 Å². The van der Waals surface area contributed by atoms with E-state index < -0.39 is 0 Å². The number of aryl methyl sites for hydroxylation is 2. The van der Waals surface area contributed by atoms with Crippen LogP contribution in [0.15, 0.2) is 35.3 Å². The molecular weight excluding hydrogens is 511 g/mol. The second-order valence-electron chi connectivity index (χ2n) is 7.06. The van der Waals surface area contributed by atoms with Gasteiger partial charge in [0.1, 0.15) is 0 Å². The highest BCUT2D eigenvalue weighted by Crippen LogP contribution is 2.16. The number of rotatable bonds is 6. The van der Waals surface area contributed by atoms with Crippen molar-refractivity contribution >= 4 is 52.9 Å². The van der Waals surface area contributed by atoms with Crippen molar-refractivity contribution < 1.29 is 4.79 Å². The topological polar surface area (TPSA) is 72.9 Å². The molecule has 1 amide bonds. The second-order valence-corrected chi connectivity index (χ2v) is 8.34. The quantitative estimate of drug-likeness (QED) is 0.334. The molecule has 0 spiro atoms. The summed E-state index contributed by atoms with van der Waals surface area (Å²) in [7, 11) is 1.72. The number of nitrogens with one attached hydrogen (secondary N) is 2. The predicted molar refractivity (Wildman–Crippen MR) is 135 cm³/mol. The van der Waals surface area contributed by atoms with Crippen molar-refractivity contribution in [1.29, 1.82) is 0 Å². The molecule has 0 radical (unpaired) electrons. The summed E-state index contributed by atoms with van der Waals surface area (Å²) < 4.78 is 0. The number of hydrogen-bond donors (Lipinski definition) is 2. The van der Waals surface area contributed by atoms with Crippen LogP contribution in [0.1, 0.15) is 15.6 Å². The number of halogens is 1. The monoisotopic (exact) mass is 542 g/mol. The number of piperazine rings is 1. The molecule has 0 bridgehead atoms. The molecule has 0 saturated carbocycles. The van der Waals surface area contributed by atoms with Gasteiger partial charge >= 0.3 is 0 Å². The van der Waals surface area contributed by atoms with Crippen LogP contribution in [-0.4, -0.2) is 68.1 Å². The maximum atomic E-state index is 12.6. The molecule has 7 nitrogen and oxygen atoms in total. The van der Waals surface area contributed by atoms with Crippen molar-refractivity contribution in [1.82, 2.24) is 20.5 Å². The molecule has 9 heteroatoms. The zero-order valence-electron chi connectivity index (χ0n) is 17.9. The minimum atomic E-state index is 0. The van der Waals surface area contributed by atoms with Crippen molar-refractivity contribution in [2.45, 2.75) is 20.3 Å². The number of aliphatic imine (C=N–C) groups is 1. The van der Waals surface area contributed by atoms with Gasteiger partial charge in [-0.25, -0.2) is 4.98 Å². The number of thiazole rings is 1. The molecule has 1 aliphatic heterocycles. The van der Waals surface area contributed by atoms with E-state index in [4.69, 9.17) is 0 Å². The fourth-order valence-electron chi connectivity index (χ4n) is 3.28. The summed E-state index contributed by atoms with van der Waals surface area (Å²) in [6.07, 6.45) is 0.843. The number of carbonyl (C=O) groups excluding carboxylic acids is 1. The number of amides is 1. The molecule has 164 valence electrons. The van der Waals surface area contributed by atoms with Gasteiger partial charge in [0.15, 0.2) is 5.96 Å². The van der Waals surface area contributed by atoms with Gasteiger partial charge in [-0.1, -0.05) is 18.2 Å². The fraction of sp³-hybridized carbons (Fsp3) is 0.476. The van der Waals surface area contributed by atoms with Crippen LogP contribution in [-0.2, 0) is 11.2 Å². The SMILES string of the molecule is CN=C(NCCc1nc(C)c(C)s1)NCC(=O)N1CCN(c2ccccc2)CC1.I. The maximum Gasteiger partial charge on any atom is 0.242 e. The van der Waals surface area contributed by atoms with E-state index >= 15 is 0 Å². The predicted octanol–water partition coefficient (Wildman–Crippen LogP) is 2.43. The average molecular weight is 542 g/mol. The first-order valence-corrected chi connectivity index (χ1v) is 10.8. The van der Waals surface area contributed by atoms with Crippen LogP contribution in [0.25, 0.3) is 0 Å². The highest BCUT2D eigenvalue weighted by molar-refractivity contribution is 14.0. The number of anilines is 1. The lowest BCUT2D eigenvalue weighted by Crippen LogP contribution is -2.52. The summed E-state index contributed by atoms with van der Waals surface area (Å²) in [5.41, 5.74) is 2.32. The Morgan fingerprint density at radius 2 is 1.83 bits per heavy atom. The molecule has 1 saturated heterocycles. The largest absolute Gasteiger partial charge is 0.368 e. The number of benzene rings is 1. The Morgan fingerprint density at radius 1 is 1.13 bits per heavy atom. The summed E-state index contributed by atoms with van der Waals surface area (Å²) in [5, 5.41) is 7.51. The van der Waals surface area contributed by atoms with Crippen LogP contribution < -0.4 is 15.5 Å². The zero-order chi connectivity index (χ0) is 20.6. The summed E-state index contributed by atoms with van der Waals surface area (Å²) in [4.78, 5) is 26.8. The van der Waals surface area contributed by atoms with Crippen molar-refractivity contribution in [3.8, 4) is 0 Å². The van der Waals surface area contributed by atoms with Crippen LogP contribution >= 0.6 is 35.3 Å². The van der Waals surface area contributed by atoms with Gasteiger partial charge in [0.25, 0.3) is 0 Å². The Labute approximate surface area is 200 Å². The molecule has 1 aromatic heterocycles. The highest BCUT2D eigenvalue weighted by Gasteiger charge is 2.21. The molecular formula is C21H31IN6OS. The Balaban J connectivity index is 0.00000320. The van der Waals surface area contributed by atoms with Gasteiger partial charge in [0, 0.05) is 56.8 Å². The van der Waals surface area contributed by atoms with Crippen LogP contribution in [0.5, 0.6) is 0 Å². The molecule has 0 unspecified atom stereocenters. The zero-order valence-corrected chi connectivity index (χ0v) is 21.0. The summed E-state index contributed by atoms with van der Waals surface area (Å²) in [6.45, 7) is 8.31. The summed E-state index contributed by atoms with van der Waals surface area (Å²) >= 11 is 1.73. The van der Waals surface area contributed by atoms with Crippen molar-refractivity contribution in [2.75, 3.05) is 51.2 Å².